The van der Waals surface area contributed by atoms with Gasteiger partial charge in [-0.1, -0.05) is 11.2 Å². The molecule has 0 spiro atoms. The van der Waals surface area contributed by atoms with Crippen LogP contribution >= 0.6 is 12.4 Å². The Labute approximate surface area is 117 Å². The number of rotatable bonds is 4. The van der Waals surface area contributed by atoms with Gasteiger partial charge in [-0.15, -0.1) is 12.4 Å². The summed E-state index contributed by atoms with van der Waals surface area (Å²) in [6.07, 6.45) is 0.675. The summed E-state index contributed by atoms with van der Waals surface area (Å²) in [7, 11) is 1.88. The second kappa shape index (κ2) is 6.63. The Morgan fingerprint density at radius 1 is 1.42 bits per heavy atom. The lowest BCUT2D eigenvalue weighted by Gasteiger charge is -2.04. The molecule has 0 bridgehead atoms. The Kier molecular flexibility index (Phi) is 5.44. The van der Waals surface area contributed by atoms with Gasteiger partial charge in [-0.25, -0.2) is 4.39 Å². The van der Waals surface area contributed by atoms with Crippen LogP contribution in [-0.4, -0.2) is 23.2 Å². The van der Waals surface area contributed by atoms with Gasteiger partial charge in [-0.05, 0) is 38.6 Å². The molecule has 1 unspecified atom stereocenters. The fraction of sp³-hybridized carbons (Fsp3) is 0.385. The van der Waals surface area contributed by atoms with Crippen molar-refractivity contribution in [2.75, 3.05) is 7.05 Å². The summed E-state index contributed by atoms with van der Waals surface area (Å²) < 4.78 is 18.4. The Morgan fingerprint density at radius 2 is 2.16 bits per heavy atom. The second-order valence-electron chi connectivity index (χ2n) is 4.37. The number of benzene rings is 1. The number of hydrogen-bond acceptors (Lipinski definition) is 4. The summed E-state index contributed by atoms with van der Waals surface area (Å²) in [6.45, 7) is 3.92. The standard InChI is InChI=1S/C13H16FN3O.ClH/c1-8-4-5-10(14)7-11(8)13-16-12(17-18-13)6-9(2)15-3;/h4-5,7,9,15H,6H2,1-3H3;1H. The molecule has 1 heterocycles. The van der Waals surface area contributed by atoms with Crippen LogP contribution in [0.25, 0.3) is 11.5 Å². The molecule has 0 fully saturated rings. The largest absolute Gasteiger partial charge is 0.334 e. The van der Waals surface area contributed by atoms with E-state index in [0.29, 0.717) is 23.7 Å². The van der Waals surface area contributed by atoms with Gasteiger partial charge in [0.2, 0.25) is 0 Å². The Balaban J connectivity index is 0.00000180. The molecule has 0 saturated carbocycles. The topological polar surface area (TPSA) is 51.0 Å². The van der Waals surface area contributed by atoms with Gasteiger partial charge in [0.15, 0.2) is 5.82 Å². The molecule has 0 aliphatic carbocycles. The number of nitrogens with one attached hydrogen (secondary N) is 1. The molecule has 0 saturated heterocycles. The molecule has 1 atom stereocenters. The van der Waals surface area contributed by atoms with Gasteiger partial charge in [0.1, 0.15) is 5.82 Å². The van der Waals surface area contributed by atoms with Crippen molar-refractivity contribution in [1.82, 2.24) is 15.5 Å². The lowest BCUT2D eigenvalue weighted by atomic mass is 10.1. The van der Waals surface area contributed by atoms with Gasteiger partial charge in [0, 0.05) is 18.0 Å². The van der Waals surface area contributed by atoms with E-state index in [2.05, 4.69) is 15.5 Å². The van der Waals surface area contributed by atoms with Crippen LogP contribution < -0.4 is 5.32 Å². The van der Waals surface area contributed by atoms with Gasteiger partial charge < -0.3 is 9.84 Å². The van der Waals surface area contributed by atoms with Crippen LogP contribution in [-0.2, 0) is 6.42 Å². The first-order valence-corrected chi connectivity index (χ1v) is 5.86. The fourth-order valence-corrected chi connectivity index (χ4v) is 1.65. The van der Waals surface area contributed by atoms with E-state index < -0.39 is 0 Å². The summed E-state index contributed by atoms with van der Waals surface area (Å²) in [5, 5.41) is 7.00. The average Bonchev–Trinajstić information content (AvgIpc) is 2.80. The number of hydrogen-bond donors (Lipinski definition) is 1. The van der Waals surface area contributed by atoms with Crippen LogP contribution in [0.2, 0.25) is 0 Å². The molecule has 2 rings (SSSR count). The number of nitrogens with zero attached hydrogens (tertiary/aromatic N) is 2. The first-order chi connectivity index (χ1) is 8.60. The zero-order valence-corrected chi connectivity index (χ0v) is 11.9. The van der Waals surface area contributed by atoms with E-state index in [1.807, 2.05) is 20.9 Å². The minimum absolute atomic E-state index is 0. The van der Waals surface area contributed by atoms with Gasteiger partial charge in [0.25, 0.3) is 5.89 Å². The molecular formula is C13H17ClFN3O. The van der Waals surface area contributed by atoms with Crippen LogP contribution in [0, 0.1) is 12.7 Å². The average molecular weight is 286 g/mol. The number of aromatic nitrogens is 2. The van der Waals surface area contributed by atoms with E-state index in [9.17, 15) is 4.39 Å². The number of halogens is 2. The summed E-state index contributed by atoms with van der Waals surface area (Å²) in [4.78, 5) is 4.29. The smallest absolute Gasteiger partial charge is 0.258 e. The van der Waals surface area contributed by atoms with Crippen LogP contribution in [0.5, 0.6) is 0 Å². The summed E-state index contributed by atoms with van der Waals surface area (Å²) in [5.74, 6) is 0.680. The molecule has 0 aliphatic rings. The lowest BCUT2D eigenvalue weighted by molar-refractivity contribution is 0.417. The minimum Gasteiger partial charge on any atom is -0.334 e. The minimum atomic E-state index is -0.307. The van der Waals surface area contributed by atoms with Gasteiger partial charge in [0.05, 0.1) is 0 Å². The third-order valence-electron chi connectivity index (χ3n) is 2.88. The molecule has 1 aromatic carbocycles. The Bertz CT molecular complexity index is 544. The molecule has 0 radical (unpaired) electrons. The molecule has 1 N–H and O–H groups in total. The van der Waals surface area contributed by atoms with E-state index in [-0.39, 0.29) is 24.3 Å². The van der Waals surface area contributed by atoms with Crippen molar-refractivity contribution in [1.29, 1.82) is 0 Å². The van der Waals surface area contributed by atoms with Crippen LogP contribution in [0.3, 0.4) is 0 Å². The SMILES string of the molecule is CNC(C)Cc1noc(-c2cc(F)ccc2C)n1.Cl. The molecule has 0 aliphatic heterocycles. The highest BCUT2D eigenvalue weighted by Crippen LogP contribution is 2.22. The van der Waals surface area contributed by atoms with E-state index >= 15 is 0 Å². The zero-order valence-electron chi connectivity index (χ0n) is 11.1. The lowest BCUT2D eigenvalue weighted by Crippen LogP contribution is -2.24. The highest BCUT2D eigenvalue weighted by Gasteiger charge is 2.13. The van der Waals surface area contributed by atoms with Gasteiger partial charge >= 0.3 is 0 Å². The van der Waals surface area contributed by atoms with Crippen LogP contribution in [0.1, 0.15) is 18.3 Å². The molecule has 1 aromatic heterocycles. The van der Waals surface area contributed by atoms with E-state index in [4.69, 9.17) is 4.52 Å². The van der Waals surface area contributed by atoms with Crippen molar-refractivity contribution in [2.45, 2.75) is 26.3 Å². The number of likely N-dealkylation sites (N-methyl/N-ethyl adjacent to an activating group) is 1. The summed E-state index contributed by atoms with van der Waals surface area (Å²) >= 11 is 0. The first kappa shape index (κ1) is 15.6. The quantitative estimate of drug-likeness (QED) is 0.938. The molecular weight excluding hydrogens is 269 g/mol. The second-order valence-corrected chi connectivity index (χ2v) is 4.37. The van der Waals surface area contributed by atoms with Crippen molar-refractivity contribution in [3.63, 3.8) is 0 Å². The summed E-state index contributed by atoms with van der Waals surface area (Å²) in [6, 6.07) is 4.79. The summed E-state index contributed by atoms with van der Waals surface area (Å²) in [5.41, 5.74) is 1.55. The van der Waals surface area contributed by atoms with Crippen molar-refractivity contribution >= 4 is 12.4 Å². The van der Waals surface area contributed by atoms with Gasteiger partial charge in [-0.2, -0.15) is 4.98 Å². The third-order valence-corrected chi connectivity index (χ3v) is 2.88. The zero-order chi connectivity index (χ0) is 13.1. The van der Waals surface area contributed by atoms with Crippen LogP contribution in [0.4, 0.5) is 4.39 Å². The molecule has 19 heavy (non-hydrogen) atoms. The maximum absolute atomic E-state index is 13.2. The fourth-order valence-electron chi connectivity index (χ4n) is 1.65. The molecule has 4 nitrogen and oxygen atoms in total. The molecule has 0 amide bonds. The van der Waals surface area contributed by atoms with Crippen molar-refractivity contribution in [3.8, 4) is 11.5 Å². The molecule has 2 aromatic rings. The van der Waals surface area contributed by atoms with E-state index in [1.165, 1.54) is 12.1 Å². The third kappa shape index (κ3) is 3.75. The maximum Gasteiger partial charge on any atom is 0.258 e. The van der Waals surface area contributed by atoms with Gasteiger partial charge in [-0.3, -0.25) is 0 Å². The highest BCUT2D eigenvalue weighted by molar-refractivity contribution is 5.85. The molecule has 6 heteroatoms. The Morgan fingerprint density at radius 3 is 2.84 bits per heavy atom. The van der Waals surface area contributed by atoms with Crippen molar-refractivity contribution in [3.05, 3.63) is 35.4 Å². The predicted molar refractivity (Wildman–Crippen MR) is 73.9 cm³/mol. The monoisotopic (exact) mass is 285 g/mol. The normalized spacial score (nSPS) is 12.0. The maximum atomic E-state index is 13.2. The molecule has 104 valence electrons. The predicted octanol–water partition coefficient (Wildman–Crippen LogP) is 2.76. The Hall–Kier alpha value is -1.46. The van der Waals surface area contributed by atoms with Crippen LogP contribution in [0.15, 0.2) is 22.7 Å². The first-order valence-electron chi connectivity index (χ1n) is 5.86. The van der Waals surface area contributed by atoms with Crippen molar-refractivity contribution < 1.29 is 8.91 Å². The van der Waals surface area contributed by atoms with E-state index in [1.54, 1.807) is 6.07 Å². The highest BCUT2D eigenvalue weighted by atomic mass is 35.5. The van der Waals surface area contributed by atoms with Crippen molar-refractivity contribution in [2.24, 2.45) is 0 Å². The number of aryl methyl sites for hydroxylation is 1. The van der Waals surface area contributed by atoms with E-state index in [0.717, 1.165) is 5.56 Å².